The Morgan fingerprint density at radius 2 is 2.00 bits per heavy atom. The fourth-order valence-corrected chi connectivity index (χ4v) is 1.95. The minimum atomic E-state index is -0.508. The Balaban J connectivity index is 1.72. The van der Waals surface area contributed by atoms with Gasteiger partial charge in [0.25, 0.3) is 0 Å². The van der Waals surface area contributed by atoms with E-state index in [1.165, 1.54) is 5.56 Å². The van der Waals surface area contributed by atoms with Crippen LogP contribution in [0.1, 0.15) is 17.2 Å². The molecule has 0 aliphatic rings. The molecule has 1 atom stereocenters. The summed E-state index contributed by atoms with van der Waals surface area (Å²) < 4.78 is 0. The molecule has 0 aliphatic carbocycles. The third kappa shape index (κ3) is 4.63. The van der Waals surface area contributed by atoms with Crippen LogP contribution in [0, 0.1) is 0 Å². The van der Waals surface area contributed by atoms with Crippen molar-refractivity contribution in [2.24, 2.45) is 0 Å². The third-order valence-electron chi connectivity index (χ3n) is 2.91. The molecule has 1 unspecified atom stereocenters. The van der Waals surface area contributed by atoms with E-state index in [-0.39, 0.29) is 0 Å². The van der Waals surface area contributed by atoms with Gasteiger partial charge in [0.05, 0.1) is 6.10 Å². The number of rotatable bonds is 6. The molecular weight excluding hydrogens is 260 g/mol. The zero-order valence-corrected chi connectivity index (χ0v) is 11.3. The molecule has 0 fully saturated rings. The number of hydrogen-bond acceptors (Lipinski definition) is 3. The molecule has 2 aromatic rings. The lowest BCUT2D eigenvalue weighted by molar-refractivity contribution is 0.175. The van der Waals surface area contributed by atoms with Gasteiger partial charge in [0.2, 0.25) is 0 Å². The van der Waals surface area contributed by atoms with Crippen LogP contribution < -0.4 is 5.32 Å². The van der Waals surface area contributed by atoms with Gasteiger partial charge in [0.1, 0.15) is 0 Å². The van der Waals surface area contributed by atoms with Gasteiger partial charge < -0.3 is 10.4 Å². The van der Waals surface area contributed by atoms with Crippen LogP contribution in [0.3, 0.4) is 0 Å². The van der Waals surface area contributed by atoms with Crippen molar-refractivity contribution in [3.05, 3.63) is 64.9 Å². The molecule has 0 amide bonds. The average molecular weight is 277 g/mol. The van der Waals surface area contributed by atoms with E-state index in [0.717, 1.165) is 18.5 Å². The van der Waals surface area contributed by atoms with Crippen molar-refractivity contribution in [3.8, 4) is 0 Å². The predicted octanol–water partition coefficient (Wildman–Crippen LogP) is 2.60. The number of aliphatic hydroxyl groups excluding tert-OH is 1. The molecule has 0 aliphatic heterocycles. The topological polar surface area (TPSA) is 45.1 Å². The van der Waals surface area contributed by atoms with Crippen molar-refractivity contribution in [2.45, 2.75) is 12.5 Å². The van der Waals surface area contributed by atoms with Crippen LogP contribution in [0.25, 0.3) is 0 Å². The highest BCUT2D eigenvalue weighted by atomic mass is 35.5. The van der Waals surface area contributed by atoms with E-state index in [2.05, 4.69) is 10.3 Å². The molecule has 0 bridgehead atoms. The number of halogens is 1. The molecule has 0 radical (unpaired) electrons. The Morgan fingerprint density at radius 3 is 2.68 bits per heavy atom. The number of aliphatic hydroxyl groups is 1. The molecule has 4 heteroatoms. The summed E-state index contributed by atoms with van der Waals surface area (Å²) in [4.78, 5) is 4.06. The summed E-state index contributed by atoms with van der Waals surface area (Å²) in [6.45, 7) is 1.35. The van der Waals surface area contributed by atoms with E-state index in [1.54, 1.807) is 18.3 Å². The van der Waals surface area contributed by atoms with Crippen LogP contribution in [-0.2, 0) is 6.42 Å². The summed E-state index contributed by atoms with van der Waals surface area (Å²) >= 11 is 5.81. The molecule has 19 heavy (non-hydrogen) atoms. The maximum Gasteiger partial charge on any atom is 0.0914 e. The first-order chi connectivity index (χ1) is 9.25. The summed E-state index contributed by atoms with van der Waals surface area (Å²) in [7, 11) is 0. The van der Waals surface area contributed by atoms with Gasteiger partial charge in [-0.15, -0.1) is 0 Å². The minimum Gasteiger partial charge on any atom is -0.387 e. The van der Waals surface area contributed by atoms with E-state index >= 15 is 0 Å². The predicted molar refractivity (Wildman–Crippen MR) is 77.2 cm³/mol. The van der Waals surface area contributed by atoms with E-state index in [1.807, 2.05) is 30.5 Å². The smallest absolute Gasteiger partial charge is 0.0914 e. The molecule has 0 spiro atoms. The first-order valence-corrected chi connectivity index (χ1v) is 6.66. The molecule has 0 saturated carbocycles. The highest BCUT2D eigenvalue weighted by molar-refractivity contribution is 6.30. The molecule has 1 heterocycles. The first kappa shape index (κ1) is 14.0. The van der Waals surface area contributed by atoms with Gasteiger partial charge in [-0.25, -0.2) is 0 Å². The lowest BCUT2D eigenvalue weighted by Crippen LogP contribution is -2.23. The highest BCUT2D eigenvalue weighted by Crippen LogP contribution is 2.15. The molecule has 2 rings (SSSR count). The Bertz CT molecular complexity index is 487. The van der Waals surface area contributed by atoms with Crippen LogP contribution in [0.2, 0.25) is 5.02 Å². The summed E-state index contributed by atoms with van der Waals surface area (Å²) in [5.41, 5.74) is 2.06. The van der Waals surface area contributed by atoms with Crippen molar-refractivity contribution in [2.75, 3.05) is 13.1 Å². The largest absolute Gasteiger partial charge is 0.387 e. The Kier molecular flexibility index (Phi) is 5.33. The first-order valence-electron chi connectivity index (χ1n) is 6.29. The molecule has 1 aromatic carbocycles. The third-order valence-corrected chi connectivity index (χ3v) is 3.16. The van der Waals surface area contributed by atoms with Gasteiger partial charge in [-0.05, 0) is 42.3 Å². The van der Waals surface area contributed by atoms with Crippen molar-refractivity contribution in [1.82, 2.24) is 10.3 Å². The second-order valence-corrected chi connectivity index (χ2v) is 4.82. The van der Waals surface area contributed by atoms with Crippen LogP contribution in [-0.4, -0.2) is 23.2 Å². The number of benzene rings is 1. The Morgan fingerprint density at radius 1 is 1.21 bits per heavy atom. The quantitative estimate of drug-likeness (QED) is 0.797. The molecule has 100 valence electrons. The zero-order valence-electron chi connectivity index (χ0n) is 10.6. The molecule has 3 nitrogen and oxygen atoms in total. The van der Waals surface area contributed by atoms with Gasteiger partial charge in [-0.3, -0.25) is 4.98 Å². The van der Waals surface area contributed by atoms with E-state index in [4.69, 9.17) is 11.6 Å². The van der Waals surface area contributed by atoms with Crippen LogP contribution in [0.4, 0.5) is 0 Å². The fourth-order valence-electron chi connectivity index (χ4n) is 1.82. The van der Waals surface area contributed by atoms with Crippen molar-refractivity contribution >= 4 is 11.6 Å². The monoisotopic (exact) mass is 276 g/mol. The van der Waals surface area contributed by atoms with Gasteiger partial charge >= 0.3 is 0 Å². The van der Waals surface area contributed by atoms with Crippen LogP contribution in [0.15, 0.2) is 48.8 Å². The Labute approximate surface area is 118 Å². The number of pyridine rings is 1. The van der Waals surface area contributed by atoms with E-state index in [0.29, 0.717) is 11.6 Å². The molecule has 2 N–H and O–H groups in total. The number of nitrogens with zero attached hydrogens (tertiary/aromatic N) is 1. The number of nitrogens with one attached hydrogen (secondary N) is 1. The summed E-state index contributed by atoms with van der Waals surface area (Å²) in [6.07, 6.45) is 4.02. The van der Waals surface area contributed by atoms with Crippen molar-refractivity contribution in [1.29, 1.82) is 0 Å². The second kappa shape index (κ2) is 7.24. The zero-order chi connectivity index (χ0) is 13.5. The van der Waals surface area contributed by atoms with Crippen molar-refractivity contribution < 1.29 is 5.11 Å². The van der Waals surface area contributed by atoms with Crippen molar-refractivity contribution in [3.63, 3.8) is 0 Å². The lowest BCUT2D eigenvalue weighted by Gasteiger charge is -2.12. The number of aromatic nitrogens is 1. The SMILES string of the molecule is OC(CNCCc1cccnc1)c1ccc(Cl)cc1. The van der Waals surface area contributed by atoms with Crippen LogP contribution >= 0.6 is 11.6 Å². The number of hydrogen-bond donors (Lipinski definition) is 2. The maximum atomic E-state index is 9.99. The van der Waals surface area contributed by atoms with Gasteiger partial charge in [-0.1, -0.05) is 29.8 Å². The highest BCUT2D eigenvalue weighted by Gasteiger charge is 2.06. The molecule has 0 saturated heterocycles. The standard InChI is InChI=1S/C15H17ClN2O/c16-14-5-3-13(4-6-14)15(19)11-18-9-7-12-2-1-8-17-10-12/h1-6,8,10,15,18-19H,7,9,11H2. The molecular formula is C15H17ClN2O. The minimum absolute atomic E-state index is 0.508. The van der Waals surface area contributed by atoms with Gasteiger partial charge in [0.15, 0.2) is 0 Å². The fraction of sp³-hybridized carbons (Fsp3) is 0.267. The molecule has 1 aromatic heterocycles. The second-order valence-electron chi connectivity index (χ2n) is 4.38. The normalized spacial score (nSPS) is 12.3. The average Bonchev–Trinajstić information content (AvgIpc) is 2.45. The summed E-state index contributed by atoms with van der Waals surface area (Å²) in [6, 6.07) is 11.2. The van der Waals surface area contributed by atoms with E-state index in [9.17, 15) is 5.11 Å². The maximum absolute atomic E-state index is 9.99. The van der Waals surface area contributed by atoms with Gasteiger partial charge in [-0.2, -0.15) is 0 Å². The van der Waals surface area contributed by atoms with Gasteiger partial charge in [0, 0.05) is 24.0 Å². The summed E-state index contributed by atoms with van der Waals surface area (Å²) in [5, 5.41) is 13.9. The lowest BCUT2D eigenvalue weighted by atomic mass is 10.1. The Hall–Kier alpha value is -1.42. The van der Waals surface area contributed by atoms with E-state index < -0.39 is 6.10 Å². The summed E-state index contributed by atoms with van der Waals surface area (Å²) in [5.74, 6) is 0. The van der Waals surface area contributed by atoms with Crippen LogP contribution in [0.5, 0.6) is 0 Å².